The number of para-hydroxylation sites is 1. The van der Waals surface area contributed by atoms with Crippen LogP contribution in [0.2, 0.25) is 0 Å². The van der Waals surface area contributed by atoms with Gasteiger partial charge in [0.25, 0.3) is 0 Å². The summed E-state index contributed by atoms with van der Waals surface area (Å²) in [7, 11) is 0. The van der Waals surface area contributed by atoms with E-state index < -0.39 is 5.63 Å². The van der Waals surface area contributed by atoms with E-state index in [0.29, 0.717) is 11.0 Å². The summed E-state index contributed by atoms with van der Waals surface area (Å²) in [6.07, 6.45) is 0. The summed E-state index contributed by atoms with van der Waals surface area (Å²) in [6, 6.07) is 8.89. The van der Waals surface area contributed by atoms with Gasteiger partial charge in [0.2, 0.25) is 5.63 Å². The van der Waals surface area contributed by atoms with E-state index in [4.69, 9.17) is 4.42 Å². The van der Waals surface area contributed by atoms with Gasteiger partial charge in [0.15, 0.2) is 0 Å². The molecule has 0 saturated carbocycles. The summed E-state index contributed by atoms with van der Waals surface area (Å²) in [5, 5.41) is 9.73. The smallest absolute Gasteiger partial charge is 0.545 e. The van der Waals surface area contributed by atoms with E-state index in [9.17, 15) is 9.90 Å². The molecule has 0 amide bonds. The molecule has 13 heavy (non-hydrogen) atoms. The van der Waals surface area contributed by atoms with Crippen LogP contribution >= 0.6 is 0 Å². The molecule has 0 aliphatic heterocycles. The van der Waals surface area contributed by atoms with E-state index in [1.54, 1.807) is 24.3 Å². The predicted octanol–water partition coefficient (Wildman–Crippen LogP) is 1.30. The van der Waals surface area contributed by atoms with Gasteiger partial charge in [-0.2, -0.15) is 0 Å². The Morgan fingerprint density at radius 3 is 2.77 bits per heavy atom. The van der Waals surface area contributed by atoms with Crippen molar-refractivity contribution >= 4 is 11.0 Å². The van der Waals surface area contributed by atoms with E-state index in [0.717, 1.165) is 0 Å². The molecule has 4 heteroatoms. The summed E-state index contributed by atoms with van der Waals surface area (Å²) in [6.45, 7) is 0. The van der Waals surface area contributed by atoms with E-state index in [1.807, 2.05) is 0 Å². The number of benzene rings is 1. The van der Waals surface area contributed by atoms with Crippen LogP contribution in [0.1, 0.15) is 0 Å². The Kier molecular flexibility index (Phi) is 3.23. The summed E-state index contributed by atoms with van der Waals surface area (Å²) in [4.78, 5) is 10.7. The van der Waals surface area contributed by atoms with Crippen molar-refractivity contribution < 1.29 is 42.2 Å². The van der Waals surface area contributed by atoms with Crippen LogP contribution in [0.5, 0.6) is 5.75 Å². The van der Waals surface area contributed by atoms with Gasteiger partial charge in [-0.05, 0) is 11.8 Å². The second-order valence-corrected chi connectivity index (χ2v) is 2.36. The molecule has 2 aromatic rings. The second-order valence-electron chi connectivity index (χ2n) is 2.36. The maximum absolute atomic E-state index is 10.7. The molecule has 0 bridgehead atoms. The zero-order valence-corrected chi connectivity index (χ0v) is 9.49. The van der Waals surface area contributed by atoms with Crippen molar-refractivity contribution in [3.63, 3.8) is 0 Å². The third-order valence-electron chi connectivity index (χ3n) is 1.57. The minimum Gasteiger partial charge on any atom is -0.545 e. The summed E-state index contributed by atoms with van der Waals surface area (Å²) in [5.41, 5.74) is -0.287. The fourth-order valence-corrected chi connectivity index (χ4v) is 1.04. The molecule has 0 aliphatic rings. The summed E-state index contributed by atoms with van der Waals surface area (Å²) in [5.74, 6) is -0.165. The van der Waals surface area contributed by atoms with Crippen molar-refractivity contribution in [2.24, 2.45) is 0 Å². The minimum atomic E-state index is -0.661. The minimum absolute atomic E-state index is 0. The second kappa shape index (κ2) is 4.03. The van der Waals surface area contributed by atoms with Gasteiger partial charge in [0.05, 0.1) is 5.58 Å². The third-order valence-corrected chi connectivity index (χ3v) is 1.57. The van der Waals surface area contributed by atoms with Crippen molar-refractivity contribution in [3.05, 3.63) is 40.8 Å². The number of aromatic hydroxyl groups is 1. The van der Waals surface area contributed by atoms with Crippen LogP contribution in [-0.4, -0.2) is 5.11 Å². The zero-order chi connectivity index (χ0) is 8.55. The molecule has 1 N–H and O–H groups in total. The largest absolute Gasteiger partial charge is 3.00 e. The number of fused-ring (bicyclic) bond motifs is 1. The Labute approximate surface area is 99.3 Å². The first-order chi connectivity index (χ1) is 5.77. The Morgan fingerprint density at radius 1 is 1.31 bits per heavy atom. The van der Waals surface area contributed by atoms with Crippen LogP contribution in [0, 0.1) is 6.07 Å². The molecule has 0 fully saturated rings. The van der Waals surface area contributed by atoms with Crippen LogP contribution in [0.25, 0.3) is 11.0 Å². The van der Waals surface area contributed by atoms with Gasteiger partial charge in [-0.3, -0.25) is 4.79 Å². The first-order valence-corrected chi connectivity index (χ1v) is 3.41. The van der Waals surface area contributed by atoms with Crippen molar-refractivity contribution in [1.82, 2.24) is 0 Å². The fourth-order valence-electron chi connectivity index (χ4n) is 1.04. The molecule has 0 saturated heterocycles. The zero-order valence-electron chi connectivity index (χ0n) is 6.65. The van der Waals surface area contributed by atoms with Crippen molar-refractivity contribution in [2.75, 3.05) is 0 Å². The molecule has 0 aliphatic carbocycles. The van der Waals surface area contributed by atoms with Gasteiger partial charge in [0.1, 0.15) is 0 Å². The Bertz CT molecular complexity index is 475. The van der Waals surface area contributed by atoms with Gasteiger partial charge in [-0.15, -0.1) is 12.1 Å². The molecular formula is C9H5O3Y+2. The number of hydrogen-bond donors (Lipinski definition) is 1. The molecule has 1 heterocycles. The van der Waals surface area contributed by atoms with E-state index >= 15 is 0 Å². The van der Waals surface area contributed by atoms with Crippen LogP contribution < -0.4 is 5.63 Å². The van der Waals surface area contributed by atoms with Gasteiger partial charge in [-0.25, -0.2) is 0 Å². The van der Waals surface area contributed by atoms with E-state index in [2.05, 4.69) is 6.07 Å². The average Bonchev–Trinajstić information content (AvgIpc) is 2.04. The molecule has 3 nitrogen and oxygen atoms in total. The molecule has 0 radical (unpaired) electrons. The molecule has 1 aromatic heterocycles. The van der Waals surface area contributed by atoms with Crippen molar-refractivity contribution in [3.8, 4) is 5.75 Å². The number of hydrogen-bond acceptors (Lipinski definition) is 3. The van der Waals surface area contributed by atoms with E-state index in [-0.39, 0.29) is 38.5 Å². The van der Waals surface area contributed by atoms with Gasteiger partial charge >= 0.3 is 32.7 Å². The fraction of sp³-hybridized carbons (Fsp3) is 0. The maximum Gasteiger partial charge on any atom is 3.00 e. The summed E-state index contributed by atoms with van der Waals surface area (Å²) >= 11 is 0. The number of rotatable bonds is 0. The van der Waals surface area contributed by atoms with Crippen LogP contribution in [0.15, 0.2) is 33.5 Å². The Morgan fingerprint density at radius 2 is 2.00 bits per heavy atom. The molecule has 0 atom stereocenters. The molecule has 0 spiro atoms. The third kappa shape index (κ3) is 1.98. The van der Waals surface area contributed by atoms with Crippen molar-refractivity contribution in [2.45, 2.75) is 0 Å². The van der Waals surface area contributed by atoms with Gasteiger partial charge < -0.3 is 9.52 Å². The van der Waals surface area contributed by atoms with Crippen LogP contribution in [0.3, 0.4) is 0 Å². The quantitative estimate of drug-likeness (QED) is 0.566. The van der Waals surface area contributed by atoms with E-state index in [1.165, 1.54) is 0 Å². The SMILES string of the molecule is O=c1[c-]c(O)c2ccccc2o1.[Y+3]. The molecule has 0 unspecified atom stereocenters. The summed E-state index contributed by atoms with van der Waals surface area (Å²) < 4.78 is 4.77. The molecule has 1 aromatic carbocycles. The van der Waals surface area contributed by atoms with Gasteiger partial charge in [-0.1, -0.05) is 17.5 Å². The van der Waals surface area contributed by atoms with Gasteiger partial charge in [0, 0.05) is 0 Å². The maximum atomic E-state index is 10.7. The monoisotopic (exact) mass is 250 g/mol. The van der Waals surface area contributed by atoms with Crippen LogP contribution in [0.4, 0.5) is 0 Å². The standard InChI is InChI=1S/C9H5O3.Y/c10-7-5-9(11)12-8-4-2-1-3-6(7)8;/h1-4,10H;/q-1;+3. The predicted molar refractivity (Wildman–Crippen MR) is 43.0 cm³/mol. The first kappa shape index (κ1) is 10.4. The Balaban J connectivity index is 0.000000845. The molecule has 60 valence electrons. The van der Waals surface area contributed by atoms with Crippen molar-refractivity contribution in [1.29, 1.82) is 0 Å². The average molecular weight is 250 g/mol. The van der Waals surface area contributed by atoms with Crippen LogP contribution in [-0.2, 0) is 32.7 Å². The molecular weight excluding hydrogens is 245 g/mol. The molecule has 2 rings (SSSR count). The topological polar surface area (TPSA) is 50.4 Å². The normalized spacial score (nSPS) is 9.54. The first-order valence-electron chi connectivity index (χ1n) is 3.41. The Hall–Kier alpha value is -0.666.